The van der Waals surface area contributed by atoms with E-state index in [1.165, 1.54) is 6.26 Å². The van der Waals surface area contributed by atoms with Crippen molar-refractivity contribution in [2.45, 2.75) is 19.5 Å². The summed E-state index contributed by atoms with van der Waals surface area (Å²) < 4.78 is 31.6. The third kappa shape index (κ3) is 2.90. The number of fused-ring (bicyclic) bond motifs is 1. The van der Waals surface area contributed by atoms with E-state index >= 15 is 0 Å². The molecule has 0 spiro atoms. The molecule has 3 aromatic rings. The Balaban J connectivity index is 1.73. The minimum absolute atomic E-state index is 0.0348. The first kappa shape index (κ1) is 16.8. The van der Waals surface area contributed by atoms with Crippen LogP contribution in [0.4, 0.5) is 0 Å². The molecule has 0 radical (unpaired) electrons. The Kier molecular flexibility index (Phi) is 4.07. The Morgan fingerprint density at radius 3 is 2.92 bits per heavy atom. The van der Waals surface area contributed by atoms with E-state index in [2.05, 4.69) is 5.10 Å². The van der Waals surface area contributed by atoms with Crippen LogP contribution < -0.4 is 0 Å². The summed E-state index contributed by atoms with van der Waals surface area (Å²) in [6.45, 7) is 2.79. The van der Waals surface area contributed by atoms with Crippen LogP contribution in [0.2, 0.25) is 0 Å². The Labute approximate surface area is 151 Å². The number of aromatic nitrogens is 2. The second-order valence-electron chi connectivity index (χ2n) is 6.40. The van der Waals surface area contributed by atoms with E-state index in [1.807, 2.05) is 25.1 Å². The monoisotopic (exact) mass is 373 g/mol. The van der Waals surface area contributed by atoms with Gasteiger partial charge >= 0.3 is 0 Å². The van der Waals surface area contributed by atoms with Gasteiger partial charge in [0.25, 0.3) is 5.91 Å². The number of benzene rings is 1. The standard InChI is InChI=1S/C18H19N3O4S/c1-2-20-10-13(9-19-20)16-12-26(23,24)8-7-21(16)18(22)15-11-25-17-6-4-3-5-14(15)17/h3-6,9-11,16H,2,7-8,12H2,1H3/t16-/m0/s1. The normalized spacial score (nSPS) is 19.7. The van der Waals surface area contributed by atoms with Gasteiger partial charge in [0.1, 0.15) is 11.8 Å². The molecule has 4 rings (SSSR count). The lowest BCUT2D eigenvalue weighted by molar-refractivity contribution is 0.0698. The van der Waals surface area contributed by atoms with E-state index in [4.69, 9.17) is 4.42 Å². The number of carbonyl (C=O) groups is 1. The van der Waals surface area contributed by atoms with Crippen LogP contribution in [0.3, 0.4) is 0 Å². The molecular weight excluding hydrogens is 354 g/mol. The van der Waals surface area contributed by atoms with Crippen molar-refractivity contribution in [3.63, 3.8) is 0 Å². The lowest BCUT2D eigenvalue weighted by Crippen LogP contribution is -2.46. The summed E-state index contributed by atoms with van der Waals surface area (Å²) in [5.74, 6) is -0.351. The predicted octanol–water partition coefficient (Wildman–Crippen LogP) is 2.26. The zero-order chi connectivity index (χ0) is 18.3. The molecular formula is C18H19N3O4S. The highest BCUT2D eigenvalue weighted by Crippen LogP contribution is 2.30. The average Bonchev–Trinajstić information content (AvgIpc) is 3.27. The smallest absolute Gasteiger partial charge is 0.258 e. The summed E-state index contributed by atoms with van der Waals surface area (Å²) in [6.07, 6.45) is 4.89. The number of hydrogen-bond acceptors (Lipinski definition) is 5. The second kappa shape index (κ2) is 6.28. The van der Waals surface area contributed by atoms with Gasteiger partial charge in [0.15, 0.2) is 9.84 Å². The molecule has 3 heterocycles. The van der Waals surface area contributed by atoms with Crippen LogP contribution in [0, 0.1) is 0 Å². The minimum Gasteiger partial charge on any atom is -0.463 e. The van der Waals surface area contributed by atoms with Crippen LogP contribution in [-0.4, -0.2) is 47.1 Å². The summed E-state index contributed by atoms with van der Waals surface area (Å²) in [5, 5.41) is 4.96. The van der Waals surface area contributed by atoms with Gasteiger partial charge in [-0.15, -0.1) is 0 Å². The molecule has 1 fully saturated rings. The van der Waals surface area contributed by atoms with Gasteiger partial charge in [-0.2, -0.15) is 5.10 Å². The third-order valence-corrected chi connectivity index (χ3v) is 6.39. The van der Waals surface area contributed by atoms with Crippen molar-refractivity contribution in [2.75, 3.05) is 18.1 Å². The molecule has 136 valence electrons. The number of sulfone groups is 1. The van der Waals surface area contributed by atoms with Crippen LogP contribution >= 0.6 is 0 Å². The zero-order valence-electron chi connectivity index (χ0n) is 14.3. The number of para-hydroxylation sites is 1. The maximum atomic E-state index is 13.2. The van der Waals surface area contributed by atoms with E-state index in [1.54, 1.807) is 28.0 Å². The van der Waals surface area contributed by atoms with E-state index in [0.717, 1.165) is 10.9 Å². The fourth-order valence-corrected chi connectivity index (χ4v) is 4.84. The second-order valence-corrected chi connectivity index (χ2v) is 8.63. The van der Waals surface area contributed by atoms with E-state index in [9.17, 15) is 13.2 Å². The van der Waals surface area contributed by atoms with Crippen LogP contribution in [-0.2, 0) is 16.4 Å². The Morgan fingerprint density at radius 2 is 2.15 bits per heavy atom. The van der Waals surface area contributed by atoms with Gasteiger partial charge in [0, 0.05) is 30.2 Å². The van der Waals surface area contributed by atoms with Gasteiger partial charge in [0.05, 0.1) is 29.3 Å². The number of amides is 1. The molecule has 2 aromatic heterocycles. The topological polar surface area (TPSA) is 85.4 Å². The minimum atomic E-state index is -3.21. The summed E-state index contributed by atoms with van der Waals surface area (Å²) in [4.78, 5) is 14.8. The highest BCUT2D eigenvalue weighted by molar-refractivity contribution is 7.91. The van der Waals surface area contributed by atoms with Crippen LogP contribution in [0.15, 0.2) is 47.3 Å². The Hall–Kier alpha value is -2.61. The summed E-state index contributed by atoms with van der Waals surface area (Å²) >= 11 is 0. The first-order valence-electron chi connectivity index (χ1n) is 8.48. The molecule has 7 nitrogen and oxygen atoms in total. The number of furan rings is 1. The highest BCUT2D eigenvalue weighted by atomic mass is 32.2. The first-order chi connectivity index (χ1) is 12.5. The van der Waals surface area contributed by atoms with Gasteiger partial charge in [-0.25, -0.2) is 8.42 Å². The fourth-order valence-electron chi connectivity index (χ4n) is 3.35. The van der Waals surface area contributed by atoms with E-state index in [-0.39, 0.29) is 24.0 Å². The predicted molar refractivity (Wildman–Crippen MR) is 96.5 cm³/mol. The summed E-state index contributed by atoms with van der Waals surface area (Å²) in [7, 11) is -3.21. The maximum absolute atomic E-state index is 13.2. The van der Waals surface area contributed by atoms with Gasteiger partial charge in [-0.1, -0.05) is 18.2 Å². The number of carbonyl (C=O) groups excluding carboxylic acids is 1. The largest absolute Gasteiger partial charge is 0.463 e. The molecule has 8 heteroatoms. The highest BCUT2D eigenvalue weighted by Gasteiger charge is 2.37. The maximum Gasteiger partial charge on any atom is 0.258 e. The van der Waals surface area contributed by atoms with Crippen molar-refractivity contribution >= 4 is 26.7 Å². The van der Waals surface area contributed by atoms with Crippen molar-refractivity contribution in [1.82, 2.24) is 14.7 Å². The number of rotatable bonds is 3. The molecule has 0 saturated carbocycles. The van der Waals surface area contributed by atoms with Gasteiger partial charge < -0.3 is 9.32 Å². The van der Waals surface area contributed by atoms with Crippen molar-refractivity contribution in [3.8, 4) is 0 Å². The zero-order valence-corrected chi connectivity index (χ0v) is 15.1. The van der Waals surface area contributed by atoms with E-state index in [0.29, 0.717) is 17.7 Å². The van der Waals surface area contributed by atoms with Crippen molar-refractivity contribution in [1.29, 1.82) is 0 Å². The molecule has 1 aromatic carbocycles. The fraction of sp³-hybridized carbons (Fsp3) is 0.333. The van der Waals surface area contributed by atoms with Crippen molar-refractivity contribution in [3.05, 3.63) is 54.0 Å². The van der Waals surface area contributed by atoms with Gasteiger partial charge in [-0.05, 0) is 13.0 Å². The van der Waals surface area contributed by atoms with Crippen molar-refractivity contribution < 1.29 is 17.6 Å². The molecule has 0 N–H and O–H groups in total. The molecule has 1 atom stereocenters. The van der Waals surface area contributed by atoms with Crippen LogP contribution in [0.5, 0.6) is 0 Å². The van der Waals surface area contributed by atoms with Crippen molar-refractivity contribution in [2.24, 2.45) is 0 Å². The van der Waals surface area contributed by atoms with Gasteiger partial charge in [-0.3, -0.25) is 9.48 Å². The number of nitrogens with zero attached hydrogens (tertiary/aromatic N) is 3. The SMILES string of the molecule is CCn1cc([C@@H]2CS(=O)(=O)CCN2C(=O)c2coc3ccccc23)cn1. The van der Waals surface area contributed by atoms with Crippen LogP contribution in [0.25, 0.3) is 11.0 Å². The molecule has 0 aliphatic carbocycles. The first-order valence-corrected chi connectivity index (χ1v) is 10.3. The Bertz CT molecular complexity index is 1070. The lowest BCUT2D eigenvalue weighted by atomic mass is 10.1. The molecule has 1 aliphatic rings. The molecule has 1 aliphatic heterocycles. The average molecular weight is 373 g/mol. The lowest BCUT2D eigenvalue weighted by Gasteiger charge is -2.34. The number of aryl methyl sites for hydroxylation is 1. The van der Waals surface area contributed by atoms with Gasteiger partial charge in [0.2, 0.25) is 0 Å². The molecule has 0 unspecified atom stereocenters. The van der Waals surface area contributed by atoms with Crippen LogP contribution in [0.1, 0.15) is 28.9 Å². The molecule has 1 amide bonds. The molecule has 1 saturated heterocycles. The molecule has 26 heavy (non-hydrogen) atoms. The quantitative estimate of drug-likeness (QED) is 0.703. The summed E-state index contributed by atoms with van der Waals surface area (Å²) in [5.41, 5.74) is 1.82. The molecule has 0 bridgehead atoms. The summed E-state index contributed by atoms with van der Waals surface area (Å²) in [6, 6.07) is 6.77. The Morgan fingerprint density at radius 1 is 1.35 bits per heavy atom. The number of hydrogen-bond donors (Lipinski definition) is 0. The van der Waals surface area contributed by atoms with E-state index < -0.39 is 15.9 Å². The third-order valence-electron chi connectivity index (χ3n) is 4.77.